The van der Waals surface area contributed by atoms with Gasteiger partial charge in [0.1, 0.15) is 11.3 Å². The summed E-state index contributed by atoms with van der Waals surface area (Å²) in [5, 5.41) is 8.97. The van der Waals surface area contributed by atoms with E-state index in [0.29, 0.717) is 5.89 Å². The van der Waals surface area contributed by atoms with Crippen LogP contribution in [0.25, 0.3) is 22.4 Å². The number of benzene rings is 2. The third-order valence-electron chi connectivity index (χ3n) is 5.11. The third-order valence-corrected chi connectivity index (χ3v) is 5.11. The largest absolute Gasteiger partial charge is 0.497 e. The molecule has 30 heavy (non-hydrogen) atoms. The first-order chi connectivity index (χ1) is 14.5. The first-order valence-electron chi connectivity index (χ1n) is 9.60. The van der Waals surface area contributed by atoms with Gasteiger partial charge in [-0.15, -0.1) is 10.2 Å². The molecule has 0 amide bonds. The van der Waals surface area contributed by atoms with Gasteiger partial charge in [-0.2, -0.15) is 0 Å². The molecule has 0 radical (unpaired) electrons. The summed E-state index contributed by atoms with van der Waals surface area (Å²) in [5.41, 5.74) is 4.55. The predicted octanol–water partition coefficient (Wildman–Crippen LogP) is 4.96. The van der Waals surface area contributed by atoms with Crippen molar-refractivity contribution in [1.29, 1.82) is 0 Å². The molecule has 1 atom stereocenters. The lowest BCUT2D eigenvalue weighted by molar-refractivity contribution is -0.148. The number of fused-ring (bicyclic) bond motifs is 1. The zero-order valence-electron chi connectivity index (χ0n) is 17.3. The molecule has 2 aromatic carbocycles. The highest BCUT2D eigenvalue weighted by Crippen LogP contribution is 2.28. The number of carbonyl (C=O) groups excluding carboxylic acids is 1. The molecule has 0 saturated heterocycles. The molecule has 0 saturated carbocycles. The number of rotatable bonds is 6. The van der Waals surface area contributed by atoms with Crippen LogP contribution in [0.4, 0.5) is 0 Å². The fourth-order valence-corrected chi connectivity index (χ4v) is 3.22. The molecule has 0 N–H and O–H groups in total. The second kappa shape index (κ2) is 8.02. The minimum absolute atomic E-state index is 0.0965. The molecule has 0 aliphatic rings. The van der Waals surface area contributed by atoms with E-state index in [1.165, 1.54) is 0 Å². The number of carbonyl (C=O) groups is 1. The van der Waals surface area contributed by atoms with Crippen molar-refractivity contribution in [2.24, 2.45) is 0 Å². The summed E-state index contributed by atoms with van der Waals surface area (Å²) in [5.74, 6) is 0.922. The monoisotopic (exact) mass is 406 g/mol. The molecule has 0 bridgehead atoms. The van der Waals surface area contributed by atoms with Gasteiger partial charge in [-0.25, -0.2) is 0 Å². The van der Waals surface area contributed by atoms with E-state index < -0.39 is 12.1 Å². The quantitative estimate of drug-likeness (QED) is 0.418. The number of hydrogen-bond acceptors (Lipinski definition) is 7. The lowest BCUT2D eigenvalue weighted by Gasteiger charge is -2.09. The maximum Gasteiger partial charge on any atom is 0.311 e. The van der Waals surface area contributed by atoms with Crippen molar-refractivity contribution in [2.75, 3.05) is 7.11 Å². The molecule has 7 heteroatoms. The van der Waals surface area contributed by atoms with Gasteiger partial charge < -0.3 is 18.3 Å². The van der Waals surface area contributed by atoms with Crippen molar-refractivity contribution in [1.82, 2.24) is 10.2 Å². The number of esters is 1. The standard InChI is InChI=1S/C23H22N2O5/c1-13-5-10-19-17(12-28-21(19)14(13)2)11-20(26)29-15(3)22-24-25-23(30-22)16-6-8-18(27-4)9-7-16/h5-10,12,15H,11H2,1-4H3/t15-/m1/s1. The van der Waals surface area contributed by atoms with E-state index in [0.717, 1.165) is 39.0 Å². The fraction of sp³-hybridized carbons (Fsp3) is 0.261. The number of methoxy groups -OCH3 is 1. The zero-order chi connectivity index (χ0) is 21.3. The Bertz CT molecular complexity index is 1190. The number of ether oxygens (including phenoxy) is 2. The van der Waals surface area contributed by atoms with Crippen molar-refractivity contribution in [3.05, 3.63) is 65.2 Å². The number of hydrogen-bond donors (Lipinski definition) is 0. The first kappa shape index (κ1) is 19.7. The number of nitrogens with zero attached hydrogens (tertiary/aromatic N) is 2. The highest BCUT2D eigenvalue weighted by Gasteiger charge is 2.21. The molecule has 0 fully saturated rings. The van der Waals surface area contributed by atoms with E-state index in [2.05, 4.69) is 10.2 Å². The van der Waals surface area contributed by atoms with E-state index in [1.807, 2.05) is 38.1 Å². The Morgan fingerprint density at radius 2 is 1.87 bits per heavy atom. The molecule has 4 rings (SSSR count). The third kappa shape index (κ3) is 3.78. The Morgan fingerprint density at radius 1 is 1.10 bits per heavy atom. The van der Waals surface area contributed by atoms with Gasteiger partial charge in [0.25, 0.3) is 5.89 Å². The van der Waals surface area contributed by atoms with Crippen LogP contribution < -0.4 is 4.74 Å². The lowest BCUT2D eigenvalue weighted by Crippen LogP contribution is -2.11. The molecule has 2 heterocycles. The number of furan rings is 1. The second-order valence-corrected chi connectivity index (χ2v) is 7.13. The average Bonchev–Trinajstić information content (AvgIpc) is 3.39. The van der Waals surface area contributed by atoms with E-state index in [1.54, 1.807) is 32.4 Å². The number of aryl methyl sites for hydroxylation is 2. The van der Waals surface area contributed by atoms with Crippen LogP contribution >= 0.6 is 0 Å². The topological polar surface area (TPSA) is 87.6 Å². The maximum absolute atomic E-state index is 12.5. The van der Waals surface area contributed by atoms with Crippen LogP contribution in [-0.4, -0.2) is 23.3 Å². The lowest BCUT2D eigenvalue weighted by atomic mass is 10.0. The summed E-state index contributed by atoms with van der Waals surface area (Å²) in [6.07, 6.45) is 1.04. The average molecular weight is 406 g/mol. The molecular formula is C23H22N2O5. The van der Waals surface area contributed by atoms with Gasteiger partial charge in [-0.3, -0.25) is 4.79 Å². The summed E-state index contributed by atoms with van der Waals surface area (Å²) < 4.78 is 22.0. The molecule has 4 aromatic rings. The van der Waals surface area contributed by atoms with Gasteiger partial charge in [0, 0.05) is 16.5 Å². The fourth-order valence-electron chi connectivity index (χ4n) is 3.22. The highest BCUT2D eigenvalue weighted by atomic mass is 16.6. The maximum atomic E-state index is 12.5. The van der Waals surface area contributed by atoms with Crippen LogP contribution in [0.15, 0.2) is 51.5 Å². The normalized spacial score (nSPS) is 12.1. The van der Waals surface area contributed by atoms with Gasteiger partial charge in [0.15, 0.2) is 6.10 Å². The zero-order valence-corrected chi connectivity index (χ0v) is 17.3. The summed E-state index contributed by atoms with van der Waals surface area (Å²) in [6.45, 7) is 5.73. The molecule has 154 valence electrons. The van der Waals surface area contributed by atoms with Crippen molar-refractivity contribution in [2.45, 2.75) is 33.3 Å². The Balaban J connectivity index is 1.44. The highest BCUT2D eigenvalue weighted by molar-refractivity contribution is 5.88. The van der Waals surface area contributed by atoms with Crippen LogP contribution in [0.5, 0.6) is 5.75 Å². The van der Waals surface area contributed by atoms with Crippen LogP contribution in [0.3, 0.4) is 0 Å². The van der Waals surface area contributed by atoms with Crippen LogP contribution in [0, 0.1) is 13.8 Å². The van der Waals surface area contributed by atoms with E-state index in [9.17, 15) is 4.79 Å². The molecule has 0 unspecified atom stereocenters. The van der Waals surface area contributed by atoms with Crippen LogP contribution in [0.1, 0.15) is 35.6 Å². The molecule has 0 aliphatic heterocycles. The SMILES string of the molecule is COc1ccc(-c2nnc([C@@H](C)OC(=O)Cc3coc4c(C)c(C)ccc34)o2)cc1. The van der Waals surface area contributed by atoms with Gasteiger partial charge in [0.2, 0.25) is 5.89 Å². The summed E-state index contributed by atoms with van der Waals surface area (Å²) >= 11 is 0. The number of aromatic nitrogens is 2. The van der Waals surface area contributed by atoms with Crippen molar-refractivity contribution in [3.8, 4) is 17.2 Å². The Labute approximate surface area is 173 Å². The Kier molecular flexibility index (Phi) is 5.27. The first-order valence-corrected chi connectivity index (χ1v) is 9.60. The van der Waals surface area contributed by atoms with Crippen molar-refractivity contribution >= 4 is 16.9 Å². The van der Waals surface area contributed by atoms with E-state index in [4.69, 9.17) is 18.3 Å². The van der Waals surface area contributed by atoms with E-state index >= 15 is 0 Å². The van der Waals surface area contributed by atoms with Crippen LogP contribution in [-0.2, 0) is 16.0 Å². The van der Waals surface area contributed by atoms with E-state index in [-0.39, 0.29) is 12.3 Å². The smallest absolute Gasteiger partial charge is 0.311 e. The minimum Gasteiger partial charge on any atom is -0.497 e. The minimum atomic E-state index is -0.667. The van der Waals surface area contributed by atoms with Gasteiger partial charge >= 0.3 is 5.97 Å². The second-order valence-electron chi connectivity index (χ2n) is 7.13. The molecule has 2 aromatic heterocycles. The molecule has 7 nitrogen and oxygen atoms in total. The van der Waals surface area contributed by atoms with Gasteiger partial charge in [0.05, 0.1) is 19.8 Å². The molecule has 0 aliphatic carbocycles. The molecule has 0 spiro atoms. The Hall–Kier alpha value is -3.61. The predicted molar refractivity (Wildman–Crippen MR) is 110 cm³/mol. The van der Waals surface area contributed by atoms with Gasteiger partial charge in [-0.1, -0.05) is 12.1 Å². The summed E-state index contributed by atoms with van der Waals surface area (Å²) in [7, 11) is 1.60. The molecular weight excluding hydrogens is 384 g/mol. The summed E-state index contributed by atoms with van der Waals surface area (Å²) in [6, 6.07) is 11.2. The Morgan fingerprint density at radius 3 is 2.60 bits per heavy atom. The van der Waals surface area contributed by atoms with Crippen LogP contribution in [0.2, 0.25) is 0 Å². The van der Waals surface area contributed by atoms with Crippen molar-refractivity contribution < 1.29 is 23.1 Å². The van der Waals surface area contributed by atoms with Crippen molar-refractivity contribution in [3.63, 3.8) is 0 Å². The summed E-state index contributed by atoms with van der Waals surface area (Å²) in [4.78, 5) is 12.5. The van der Waals surface area contributed by atoms with Gasteiger partial charge in [-0.05, 0) is 56.2 Å².